The number of hydrogen-bond acceptors (Lipinski definition) is 4. The van der Waals surface area contributed by atoms with Crippen LogP contribution >= 0.6 is 11.3 Å². The van der Waals surface area contributed by atoms with Gasteiger partial charge in [-0.3, -0.25) is 9.59 Å². The number of carbonyl (C=O) groups is 2. The maximum atomic E-state index is 11.9. The molecule has 0 atom stereocenters. The molecule has 0 bridgehead atoms. The Morgan fingerprint density at radius 3 is 2.50 bits per heavy atom. The third kappa shape index (κ3) is 4.17. The van der Waals surface area contributed by atoms with Crippen molar-refractivity contribution < 1.29 is 9.59 Å². The molecule has 2 amide bonds. The molecule has 0 aliphatic heterocycles. The van der Waals surface area contributed by atoms with Crippen LogP contribution in [-0.4, -0.2) is 23.3 Å². The Labute approximate surface area is 143 Å². The summed E-state index contributed by atoms with van der Waals surface area (Å²) >= 11 is 1.57. The number of aromatic nitrogens is 1. The van der Waals surface area contributed by atoms with E-state index in [0.29, 0.717) is 18.7 Å². The molecule has 0 radical (unpaired) electrons. The Kier molecular flexibility index (Phi) is 5.18. The van der Waals surface area contributed by atoms with Gasteiger partial charge in [-0.05, 0) is 24.3 Å². The molecule has 0 fully saturated rings. The van der Waals surface area contributed by atoms with Crippen molar-refractivity contribution in [3.8, 4) is 0 Å². The van der Waals surface area contributed by atoms with Crippen LogP contribution in [-0.2, 0) is 11.3 Å². The van der Waals surface area contributed by atoms with Crippen LogP contribution in [0.15, 0.2) is 54.6 Å². The van der Waals surface area contributed by atoms with Gasteiger partial charge in [-0.1, -0.05) is 30.3 Å². The first kappa shape index (κ1) is 16.1. The van der Waals surface area contributed by atoms with Gasteiger partial charge in [-0.15, -0.1) is 11.3 Å². The van der Waals surface area contributed by atoms with E-state index in [0.717, 1.165) is 15.2 Å². The highest BCUT2D eigenvalue weighted by molar-refractivity contribution is 7.18. The Morgan fingerprint density at radius 2 is 1.71 bits per heavy atom. The van der Waals surface area contributed by atoms with E-state index in [2.05, 4.69) is 15.6 Å². The van der Waals surface area contributed by atoms with Gasteiger partial charge >= 0.3 is 0 Å². The first-order valence-electron chi connectivity index (χ1n) is 7.67. The lowest BCUT2D eigenvalue weighted by molar-refractivity contribution is -0.121. The van der Waals surface area contributed by atoms with Crippen molar-refractivity contribution in [1.82, 2.24) is 15.6 Å². The first-order chi connectivity index (χ1) is 11.7. The minimum atomic E-state index is -0.172. The predicted octanol–water partition coefficient (Wildman–Crippen LogP) is 2.73. The highest BCUT2D eigenvalue weighted by atomic mass is 32.1. The summed E-state index contributed by atoms with van der Waals surface area (Å²) in [7, 11) is 0. The topological polar surface area (TPSA) is 71.1 Å². The van der Waals surface area contributed by atoms with Gasteiger partial charge in [-0.2, -0.15) is 0 Å². The zero-order valence-electron chi connectivity index (χ0n) is 13.0. The summed E-state index contributed by atoms with van der Waals surface area (Å²) in [4.78, 5) is 28.2. The van der Waals surface area contributed by atoms with Crippen LogP contribution in [0.4, 0.5) is 0 Å². The third-order valence-electron chi connectivity index (χ3n) is 3.45. The van der Waals surface area contributed by atoms with E-state index < -0.39 is 0 Å². The third-order valence-corrected chi connectivity index (χ3v) is 4.48. The number of thiazole rings is 1. The Balaban J connectivity index is 1.42. The normalized spacial score (nSPS) is 10.5. The second-order valence-corrected chi connectivity index (χ2v) is 6.34. The summed E-state index contributed by atoms with van der Waals surface area (Å²) in [6.07, 6.45) is 0.240. The molecule has 1 aromatic heterocycles. The summed E-state index contributed by atoms with van der Waals surface area (Å²) < 4.78 is 1.11. The number of fused-ring (bicyclic) bond motifs is 1. The van der Waals surface area contributed by atoms with Crippen molar-refractivity contribution in [3.63, 3.8) is 0 Å². The standard InChI is InChI=1S/C18H17N3O2S/c22-16(10-11-19-18(23)13-6-2-1-3-7-13)20-12-17-21-14-8-4-5-9-15(14)24-17/h1-9H,10-12H2,(H,19,23)(H,20,22). The van der Waals surface area contributed by atoms with Crippen LogP contribution in [0.5, 0.6) is 0 Å². The molecule has 0 unspecified atom stereocenters. The first-order valence-corrected chi connectivity index (χ1v) is 8.48. The van der Waals surface area contributed by atoms with E-state index in [1.165, 1.54) is 0 Å². The number of nitrogens with one attached hydrogen (secondary N) is 2. The molecule has 2 aromatic carbocycles. The zero-order chi connectivity index (χ0) is 16.8. The lowest BCUT2D eigenvalue weighted by Gasteiger charge is -2.05. The number of carbonyl (C=O) groups excluding carboxylic acids is 2. The van der Waals surface area contributed by atoms with Crippen LogP contribution in [0.1, 0.15) is 21.8 Å². The van der Waals surface area contributed by atoms with Crippen molar-refractivity contribution in [3.05, 3.63) is 65.2 Å². The molecule has 0 saturated carbocycles. The van der Waals surface area contributed by atoms with Crippen molar-refractivity contribution in [2.75, 3.05) is 6.54 Å². The number of benzene rings is 2. The van der Waals surface area contributed by atoms with Gasteiger partial charge in [0.25, 0.3) is 5.91 Å². The van der Waals surface area contributed by atoms with Crippen LogP contribution in [0.25, 0.3) is 10.2 Å². The van der Waals surface area contributed by atoms with Gasteiger partial charge < -0.3 is 10.6 Å². The van der Waals surface area contributed by atoms with E-state index in [-0.39, 0.29) is 18.2 Å². The van der Waals surface area contributed by atoms with Crippen molar-refractivity contribution in [2.24, 2.45) is 0 Å². The summed E-state index contributed by atoms with van der Waals surface area (Å²) in [5.41, 5.74) is 1.54. The van der Waals surface area contributed by atoms with Crippen LogP contribution in [0.2, 0.25) is 0 Å². The lowest BCUT2D eigenvalue weighted by Crippen LogP contribution is -2.30. The molecular weight excluding hydrogens is 322 g/mol. The van der Waals surface area contributed by atoms with Crippen molar-refractivity contribution >= 4 is 33.4 Å². The fourth-order valence-corrected chi connectivity index (χ4v) is 3.15. The highest BCUT2D eigenvalue weighted by Gasteiger charge is 2.07. The number of nitrogens with zero attached hydrogens (tertiary/aromatic N) is 1. The molecule has 5 nitrogen and oxygen atoms in total. The molecule has 3 aromatic rings. The molecule has 122 valence electrons. The summed E-state index contributed by atoms with van der Waals surface area (Å²) in [5, 5.41) is 6.44. The molecule has 0 aliphatic carbocycles. The fraction of sp³-hybridized carbons (Fsp3) is 0.167. The van der Waals surface area contributed by atoms with Gasteiger partial charge in [-0.25, -0.2) is 4.98 Å². The van der Waals surface area contributed by atoms with E-state index in [1.54, 1.807) is 35.6 Å². The van der Waals surface area contributed by atoms with E-state index >= 15 is 0 Å². The van der Waals surface area contributed by atoms with E-state index in [1.807, 2.05) is 30.3 Å². The maximum absolute atomic E-state index is 11.9. The smallest absolute Gasteiger partial charge is 0.251 e. The summed E-state index contributed by atoms with van der Waals surface area (Å²) in [6.45, 7) is 0.713. The van der Waals surface area contributed by atoms with E-state index in [4.69, 9.17) is 0 Å². The molecule has 1 heterocycles. The SMILES string of the molecule is O=C(CCNC(=O)c1ccccc1)NCc1nc2ccccc2s1. The van der Waals surface area contributed by atoms with Gasteiger partial charge in [0.1, 0.15) is 5.01 Å². The summed E-state index contributed by atoms with van der Waals surface area (Å²) in [6, 6.07) is 16.8. The molecule has 0 spiro atoms. The van der Waals surface area contributed by atoms with Gasteiger partial charge in [0, 0.05) is 18.5 Å². The van der Waals surface area contributed by atoms with Gasteiger partial charge in [0.2, 0.25) is 5.91 Å². The Hall–Kier alpha value is -2.73. The van der Waals surface area contributed by atoms with Crippen molar-refractivity contribution in [1.29, 1.82) is 0 Å². The minimum Gasteiger partial charge on any atom is -0.352 e. The van der Waals surface area contributed by atoms with Crippen LogP contribution in [0, 0.1) is 0 Å². The second-order valence-electron chi connectivity index (χ2n) is 5.22. The van der Waals surface area contributed by atoms with Crippen LogP contribution in [0.3, 0.4) is 0 Å². The molecule has 0 aliphatic rings. The largest absolute Gasteiger partial charge is 0.352 e. The quantitative estimate of drug-likeness (QED) is 0.725. The lowest BCUT2D eigenvalue weighted by atomic mass is 10.2. The highest BCUT2D eigenvalue weighted by Crippen LogP contribution is 2.21. The number of amides is 2. The predicted molar refractivity (Wildman–Crippen MR) is 94.9 cm³/mol. The fourth-order valence-electron chi connectivity index (χ4n) is 2.24. The van der Waals surface area contributed by atoms with Crippen LogP contribution < -0.4 is 10.6 Å². The molecule has 2 N–H and O–H groups in total. The molecule has 6 heteroatoms. The number of rotatable bonds is 6. The molecule has 3 rings (SSSR count). The Morgan fingerprint density at radius 1 is 0.958 bits per heavy atom. The average molecular weight is 339 g/mol. The average Bonchev–Trinajstić information content (AvgIpc) is 3.03. The number of hydrogen-bond donors (Lipinski definition) is 2. The minimum absolute atomic E-state index is 0.109. The maximum Gasteiger partial charge on any atom is 0.251 e. The molecule has 24 heavy (non-hydrogen) atoms. The second kappa shape index (κ2) is 7.70. The Bertz CT molecular complexity index is 813. The number of para-hydroxylation sites is 1. The monoisotopic (exact) mass is 339 g/mol. The van der Waals surface area contributed by atoms with Gasteiger partial charge in [0.15, 0.2) is 0 Å². The van der Waals surface area contributed by atoms with E-state index in [9.17, 15) is 9.59 Å². The van der Waals surface area contributed by atoms with Crippen molar-refractivity contribution in [2.45, 2.75) is 13.0 Å². The molecule has 0 saturated heterocycles. The summed E-state index contributed by atoms with van der Waals surface area (Å²) in [5.74, 6) is -0.280. The molecular formula is C18H17N3O2S. The van der Waals surface area contributed by atoms with Gasteiger partial charge in [0.05, 0.1) is 16.8 Å². The zero-order valence-corrected chi connectivity index (χ0v) is 13.8.